The SMILES string of the molecule is CNC(c1cn2nc(CC3CC(C(F)(F)F)CNC3=O)c(C3CCOCC3)cc2n1)C1CCC(F)(F)CC1. The fourth-order valence-corrected chi connectivity index (χ4v) is 6.24. The zero-order valence-electron chi connectivity index (χ0n) is 21.4. The van der Waals surface area contributed by atoms with Gasteiger partial charge in [0.05, 0.1) is 29.5 Å². The third-order valence-corrected chi connectivity index (χ3v) is 8.47. The van der Waals surface area contributed by atoms with Gasteiger partial charge in [-0.2, -0.15) is 18.3 Å². The van der Waals surface area contributed by atoms with E-state index in [1.54, 1.807) is 17.8 Å². The highest BCUT2D eigenvalue weighted by Gasteiger charge is 2.45. The van der Waals surface area contributed by atoms with Gasteiger partial charge in [0.1, 0.15) is 0 Å². The van der Waals surface area contributed by atoms with E-state index in [4.69, 9.17) is 14.8 Å². The van der Waals surface area contributed by atoms with Crippen molar-refractivity contribution in [2.24, 2.45) is 17.8 Å². The molecule has 0 radical (unpaired) electrons. The van der Waals surface area contributed by atoms with Gasteiger partial charge in [0.2, 0.25) is 11.8 Å². The topological polar surface area (TPSA) is 80.5 Å². The number of alkyl halides is 5. The third kappa shape index (κ3) is 5.80. The number of carbonyl (C=O) groups excluding carboxylic acids is 1. The Hall–Kier alpha value is -2.34. The van der Waals surface area contributed by atoms with E-state index < -0.39 is 30.5 Å². The van der Waals surface area contributed by atoms with Crippen LogP contribution in [0.2, 0.25) is 0 Å². The van der Waals surface area contributed by atoms with Crippen LogP contribution < -0.4 is 10.6 Å². The van der Waals surface area contributed by atoms with Gasteiger partial charge < -0.3 is 15.4 Å². The number of carbonyl (C=O) groups is 1. The average Bonchev–Trinajstić information content (AvgIpc) is 3.28. The van der Waals surface area contributed by atoms with Crippen LogP contribution in [-0.4, -0.2) is 59.4 Å². The number of nitrogens with one attached hydrogen (secondary N) is 2. The van der Waals surface area contributed by atoms with Crippen molar-refractivity contribution in [2.75, 3.05) is 26.8 Å². The van der Waals surface area contributed by atoms with Crippen molar-refractivity contribution in [3.63, 3.8) is 0 Å². The molecule has 3 aliphatic rings. The van der Waals surface area contributed by atoms with Crippen molar-refractivity contribution in [3.8, 4) is 0 Å². The molecule has 1 aliphatic carbocycles. The van der Waals surface area contributed by atoms with E-state index in [2.05, 4.69) is 10.6 Å². The molecule has 1 saturated carbocycles. The largest absolute Gasteiger partial charge is 0.393 e. The number of ether oxygens (including phenoxy) is 1. The van der Waals surface area contributed by atoms with Crippen molar-refractivity contribution in [3.05, 3.63) is 29.2 Å². The summed E-state index contributed by atoms with van der Waals surface area (Å²) in [6.07, 6.45) is -0.828. The molecule has 2 saturated heterocycles. The fourth-order valence-electron chi connectivity index (χ4n) is 6.24. The summed E-state index contributed by atoms with van der Waals surface area (Å²) in [5.41, 5.74) is 2.76. The van der Waals surface area contributed by atoms with Gasteiger partial charge >= 0.3 is 6.18 Å². The second-order valence-electron chi connectivity index (χ2n) is 11.0. The quantitative estimate of drug-likeness (QED) is 0.522. The van der Waals surface area contributed by atoms with E-state index >= 15 is 0 Å². The first-order valence-corrected chi connectivity index (χ1v) is 13.4. The molecular formula is C26H34F5N5O2. The third-order valence-electron chi connectivity index (χ3n) is 8.47. The van der Waals surface area contributed by atoms with Gasteiger partial charge in [-0.1, -0.05) is 0 Å². The highest BCUT2D eigenvalue weighted by atomic mass is 19.4. The minimum Gasteiger partial charge on any atom is -0.381 e. The summed E-state index contributed by atoms with van der Waals surface area (Å²) in [6, 6.07) is 1.70. The molecule has 1 amide bonds. The van der Waals surface area contributed by atoms with Gasteiger partial charge in [-0.05, 0) is 62.6 Å². The van der Waals surface area contributed by atoms with E-state index in [9.17, 15) is 26.7 Å². The van der Waals surface area contributed by atoms with Crippen LogP contribution in [0.3, 0.4) is 0 Å². The maximum absolute atomic E-state index is 13.7. The first-order valence-electron chi connectivity index (χ1n) is 13.4. The molecule has 3 fully saturated rings. The van der Waals surface area contributed by atoms with Crippen LogP contribution in [-0.2, 0) is 16.0 Å². The lowest BCUT2D eigenvalue weighted by Crippen LogP contribution is -2.47. The lowest BCUT2D eigenvalue weighted by atomic mass is 9.81. The van der Waals surface area contributed by atoms with Gasteiger partial charge in [0.15, 0.2) is 5.65 Å². The highest BCUT2D eigenvalue weighted by molar-refractivity contribution is 5.79. The minimum atomic E-state index is -4.38. The Morgan fingerprint density at radius 2 is 1.92 bits per heavy atom. The number of amides is 1. The predicted molar refractivity (Wildman–Crippen MR) is 129 cm³/mol. The molecule has 2 aliphatic heterocycles. The standard InChI is InChI=1S/C26H34F5N5O2/c1-32-23(16-2-6-25(27,28)7-3-16)21-14-36-22(34-21)12-19(15-4-8-38-9-5-15)20(35-36)11-17-10-18(26(29,30)31)13-33-24(17)37/h12,14-18,23,32H,2-11,13H2,1H3,(H,33,37). The lowest BCUT2D eigenvalue weighted by Gasteiger charge is -2.32. The Morgan fingerprint density at radius 3 is 2.58 bits per heavy atom. The fraction of sp³-hybridized carbons (Fsp3) is 0.731. The summed E-state index contributed by atoms with van der Waals surface area (Å²) in [4.78, 5) is 17.4. The summed E-state index contributed by atoms with van der Waals surface area (Å²) in [5, 5.41) is 10.4. The molecule has 12 heteroatoms. The van der Waals surface area contributed by atoms with E-state index in [0.29, 0.717) is 43.1 Å². The smallest absolute Gasteiger partial charge is 0.381 e. The first-order chi connectivity index (χ1) is 18.0. The number of rotatable bonds is 6. The van der Waals surface area contributed by atoms with Crippen LogP contribution in [0.5, 0.6) is 0 Å². The summed E-state index contributed by atoms with van der Waals surface area (Å²) in [7, 11) is 1.78. The average molecular weight is 544 g/mol. The Balaban J connectivity index is 1.46. The number of imidazole rings is 1. The molecule has 0 spiro atoms. The van der Waals surface area contributed by atoms with E-state index in [1.165, 1.54) is 0 Å². The van der Waals surface area contributed by atoms with E-state index in [1.807, 2.05) is 6.07 Å². The van der Waals surface area contributed by atoms with Crippen molar-refractivity contribution >= 4 is 11.6 Å². The maximum Gasteiger partial charge on any atom is 0.393 e. The number of halogens is 5. The van der Waals surface area contributed by atoms with Gasteiger partial charge in [-0.3, -0.25) is 4.79 Å². The highest BCUT2D eigenvalue weighted by Crippen LogP contribution is 2.41. The molecule has 2 N–H and O–H groups in total. The molecule has 2 aromatic rings. The molecule has 2 aromatic heterocycles. The molecule has 4 heterocycles. The molecule has 5 rings (SSSR count). The Morgan fingerprint density at radius 1 is 1.21 bits per heavy atom. The summed E-state index contributed by atoms with van der Waals surface area (Å²) >= 11 is 0. The Labute approximate surface area is 217 Å². The summed E-state index contributed by atoms with van der Waals surface area (Å²) in [6.45, 7) is 0.744. The van der Waals surface area contributed by atoms with Crippen LogP contribution >= 0.6 is 0 Å². The summed E-state index contributed by atoms with van der Waals surface area (Å²) < 4.78 is 74.9. The van der Waals surface area contributed by atoms with Crippen LogP contribution in [0.4, 0.5) is 22.0 Å². The molecular weight excluding hydrogens is 509 g/mol. The maximum atomic E-state index is 13.7. The monoisotopic (exact) mass is 543 g/mol. The van der Waals surface area contributed by atoms with E-state index in [-0.39, 0.29) is 49.5 Å². The molecule has 0 bridgehead atoms. The molecule has 210 valence electrons. The predicted octanol–water partition coefficient (Wildman–Crippen LogP) is 4.57. The zero-order valence-corrected chi connectivity index (χ0v) is 21.4. The van der Waals surface area contributed by atoms with Gasteiger partial charge in [-0.15, -0.1) is 0 Å². The van der Waals surface area contributed by atoms with Crippen LogP contribution in [0, 0.1) is 17.8 Å². The van der Waals surface area contributed by atoms with Crippen LogP contribution in [0.1, 0.15) is 73.9 Å². The number of aromatic nitrogens is 3. The van der Waals surface area contributed by atoms with Gasteiger partial charge in [-0.25, -0.2) is 18.3 Å². The van der Waals surface area contributed by atoms with Gasteiger partial charge in [0.25, 0.3) is 0 Å². The molecule has 38 heavy (non-hydrogen) atoms. The molecule has 0 aromatic carbocycles. The molecule has 7 nitrogen and oxygen atoms in total. The van der Waals surface area contributed by atoms with Crippen LogP contribution in [0.15, 0.2) is 12.3 Å². The number of hydrogen-bond donors (Lipinski definition) is 2. The molecule has 3 atom stereocenters. The van der Waals surface area contributed by atoms with Crippen molar-refractivity contribution in [2.45, 2.75) is 75.4 Å². The minimum absolute atomic E-state index is 0.00390. The Kier molecular flexibility index (Phi) is 7.65. The van der Waals surface area contributed by atoms with Crippen molar-refractivity contribution in [1.29, 1.82) is 0 Å². The zero-order chi connectivity index (χ0) is 27.1. The normalized spacial score (nSPS) is 26.4. The first kappa shape index (κ1) is 27.2. The van der Waals surface area contributed by atoms with Crippen molar-refractivity contribution in [1.82, 2.24) is 25.2 Å². The van der Waals surface area contributed by atoms with Crippen LogP contribution in [0.25, 0.3) is 5.65 Å². The van der Waals surface area contributed by atoms with E-state index in [0.717, 1.165) is 18.4 Å². The number of hydrogen-bond acceptors (Lipinski definition) is 5. The number of fused-ring (bicyclic) bond motifs is 1. The lowest BCUT2D eigenvalue weighted by molar-refractivity contribution is -0.183. The number of piperidine rings is 1. The second-order valence-corrected chi connectivity index (χ2v) is 11.0. The second kappa shape index (κ2) is 10.7. The molecule has 3 unspecified atom stereocenters. The van der Waals surface area contributed by atoms with Crippen molar-refractivity contribution < 1.29 is 31.5 Å². The Bertz CT molecular complexity index is 1140. The number of nitrogens with zero attached hydrogens (tertiary/aromatic N) is 3. The summed E-state index contributed by atoms with van der Waals surface area (Å²) in [5.74, 6) is -5.33. The van der Waals surface area contributed by atoms with Gasteiger partial charge in [0, 0.05) is 44.9 Å².